The molecule has 1 nitrogen and oxygen atoms in total. The van der Waals surface area contributed by atoms with Crippen molar-refractivity contribution in [3.05, 3.63) is 77.9 Å². The highest BCUT2D eigenvalue weighted by Crippen LogP contribution is 2.14. The fraction of sp³-hybridized carbons (Fsp3) is 0.611. The molecule has 0 saturated heterocycles. The minimum absolute atomic E-state index is 0.648. The van der Waals surface area contributed by atoms with Gasteiger partial charge in [0.25, 0.3) is 0 Å². The summed E-state index contributed by atoms with van der Waals surface area (Å²) in [7, 11) is 0. The maximum Gasteiger partial charge on any atom is 0.0366 e. The molecule has 2 aromatic carbocycles. The van der Waals surface area contributed by atoms with Gasteiger partial charge in [0.05, 0.1) is 0 Å². The molecule has 2 aromatic rings. The Morgan fingerprint density at radius 1 is 0.763 bits per heavy atom. The third kappa shape index (κ3) is 34.3. The molecule has 0 heterocycles. The van der Waals surface area contributed by atoms with Crippen LogP contribution in [0.3, 0.4) is 0 Å². The van der Waals surface area contributed by atoms with Crippen LogP contribution < -0.4 is 4.90 Å². The molecule has 0 atom stereocenters. The van der Waals surface area contributed by atoms with E-state index in [1.54, 1.807) is 0 Å². The van der Waals surface area contributed by atoms with Crippen LogP contribution in [0.25, 0.3) is 0 Å². The van der Waals surface area contributed by atoms with E-state index in [0.29, 0.717) is 5.92 Å². The number of thioether (sulfide) groups is 1. The van der Waals surface area contributed by atoms with Gasteiger partial charge in [0.1, 0.15) is 0 Å². The van der Waals surface area contributed by atoms with Gasteiger partial charge in [0, 0.05) is 18.8 Å². The Morgan fingerprint density at radius 2 is 1.24 bits per heavy atom. The Labute approximate surface area is 246 Å². The Balaban J connectivity index is -0.000000131. The minimum atomic E-state index is 0.648. The van der Waals surface area contributed by atoms with Gasteiger partial charge in [-0.1, -0.05) is 131 Å². The summed E-state index contributed by atoms with van der Waals surface area (Å²) in [5, 5.41) is 0. The number of allylic oxidation sites excluding steroid dienone is 1. The van der Waals surface area contributed by atoms with Crippen LogP contribution in [0.4, 0.5) is 5.69 Å². The summed E-state index contributed by atoms with van der Waals surface area (Å²) in [5.41, 5.74) is 5.47. The molecule has 0 radical (unpaired) electrons. The Kier molecular flexibility index (Phi) is 48.4. The van der Waals surface area contributed by atoms with E-state index in [-0.39, 0.29) is 0 Å². The average molecular weight is 548 g/mol. The molecule has 0 saturated carbocycles. The van der Waals surface area contributed by atoms with Crippen molar-refractivity contribution in [3.63, 3.8) is 0 Å². The number of rotatable bonds is 8. The quantitative estimate of drug-likeness (QED) is 0.302. The number of hydrogen-bond donors (Lipinski definition) is 0. The van der Waals surface area contributed by atoms with Crippen molar-refractivity contribution < 1.29 is 0 Å². The molecule has 0 unspecified atom stereocenters. The van der Waals surface area contributed by atoms with E-state index >= 15 is 0 Å². The largest absolute Gasteiger partial charge is 0.372 e. The van der Waals surface area contributed by atoms with Crippen molar-refractivity contribution in [3.8, 4) is 0 Å². The molecule has 0 aromatic heterocycles. The fourth-order valence-electron chi connectivity index (χ4n) is 2.52. The molecule has 224 valence electrons. The Morgan fingerprint density at radius 3 is 1.55 bits per heavy atom. The summed E-state index contributed by atoms with van der Waals surface area (Å²) in [6.45, 7) is 35.1. The van der Waals surface area contributed by atoms with E-state index in [1.807, 2.05) is 59.4 Å². The van der Waals surface area contributed by atoms with Gasteiger partial charge in [-0.25, -0.2) is 0 Å². The summed E-state index contributed by atoms with van der Waals surface area (Å²) >= 11 is 1.86. The molecule has 2 heteroatoms. The lowest BCUT2D eigenvalue weighted by molar-refractivity contribution is 0.704. The lowest BCUT2D eigenvalue weighted by Crippen LogP contribution is -2.24. The van der Waals surface area contributed by atoms with E-state index < -0.39 is 0 Å². The van der Waals surface area contributed by atoms with Crippen LogP contribution in [0.5, 0.6) is 0 Å². The predicted molar refractivity (Wildman–Crippen MR) is 188 cm³/mol. The molecular formula is C36H69NS. The van der Waals surface area contributed by atoms with E-state index in [0.717, 1.165) is 0 Å². The van der Waals surface area contributed by atoms with Crippen LogP contribution in [0, 0.1) is 26.7 Å². The molecule has 0 spiro atoms. The predicted octanol–water partition coefficient (Wildman–Crippen LogP) is 12.6. The SMILES string of the molecule is C=CC(C)C.CC.CC.CC.CCCCN(CCC)c1ccccc1.CCSC.Cc1ccc(C)c(C)c1. The third-order valence-electron chi connectivity index (χ3n) is 4.82. The standard InChI is InChI=1S/C13H21N.C9H12.C5H10.C3H8S.3C2H6/c1-3-5-12-14(11-4-2)13-9-7-6-8-10-13;1-7-4-5-8(2)9(3)6-7;1-4-5(2)3;1-3-4-2;3*1-2/h6-10H,3-5,11-12H2,1-2H3;4-6H,1-3H3;4-5H,1H2,2-3H3;3H2,1-2H3;3*1-2H3. The summed E-state index contributed by atoms with van der Waals surface area (Å²) < 4.78 is 0. The monoisotopic (exact) mass is 548 g/mol. The van der Waals surface area contributed by atoms with Crippen molar-refractivity contribution >= 4 is 17.4 Å². The van der Waals surface area contributed by atoms with Crippen LogP contribution >= 0.6 is 11.8 Å². The highest BCUT2D eigenvalue weighted by Gasteiger charge is 2.02. The number of nitrogens with zero attached hydrogens (tertiary/aromatic N) is 1. The first kappa shape index (κ1) is 46.2. The molecule has 38 heavy (non-hydrogen) atoms. The third-order valence-corrected chi connectivity index (χ3v) is 5.40. The van der Waals surface area contributed by atoms with Gasteiger partial charge in [0.15, 0.2) is 0 Å². The highest BCUT2D eigenvalue weighted by atomic mass is 32.2. The highest BCUT2D eigenvalue weighted by molar-refractivity contribution is 7.98. The number of para-hydroxylation sites is 1. The lowest BCUT2D eigenvalue weighted by Gasteiger charge is -2.24. The van der Waals surface area contributed by atoms with Crippen molar-refractivity contribution in [1.29, 1.82) is 0 Å². The van der Waals surface area contributed by atoms with Gasteiger partial charge < -0.3 is 4.90 Å². The van der Waals surface area contributed by atoms with E-state index in [4.69, 9.17) is 0 Å². The van der Waals surface area contributed by atoms with Crippen molar-refractivity contribution in [2.45, 2.75) is 116 Å². The second kappa shape index (κ2) is 39.8. The summed E-state index contributed by atoms with van der Waals surface area (Å²) in [6.07, 6.45) is 7.79. The Bertz CT molecular complexity index is 662. The van der Waals surface area contributed by atoms with Crippen molar-refractivity contribution in [1.82, 2.24) is 0 Å². The zero-order valence-electron chi connectivity index (χ0n) is 28.6. The minimum Gasteiger partial charge on any atom is -0.372 e. The second-order valence-electron chi connectivity index (χ2n) is 8.32. The van der Waals surface area contributed by atoms with Crippen molar-refractivity contribution in [2.24, 2.45) is 5.92 Å². The first-order valence-electron chi connectivity index (χ1n) is 15.2. The molecule has 0 amide bonds. The molecule has 0 aliphatic carbocycles. The maximum absolute atomic E-state index is 3.56. The van der Waals surface area contributed by atoms with Gasteiger partial charge in [-0.05, 0) is 74.8 Å². The number of anilines is 1. The number of unbranched alkanes of at least 4 members (excludes halogenated alkanes) is 1. The van der Waals surface area contributed by atoms with Gasteiger partial charge in [-0.2, -0.15) is 11.8 Å². The summed E-state index contributed by atoms with van der Waals surface area (Å²) in [5.74, 6) is 1.88. The zero-order chi connectivity index (χ0) is 30.8. The molecular weight excluding hydrogens is 478 g/mol. The van der Waals surface area contributed by atoms with E-state index in [2.05, 4.69) is 122 Å². The average Bonchev–Trinajstić information content (AvgIpc) is 2.97. The van der Waals surface area contributed by atoms with Gasteiger partial charge in [-0.15, -0.1) is 6.58 Å². The van der Waals surface area contributed by atoms with Crippen LogP contribution in [-0.2, 0) is 0 Å². The normalized spacial score (nSPS) is 8.42. The number of aryl methyl sites for hydroxylation is 3. The van der Waals surface area contributed by atoms with Crippen LogP contribution in [0.1, 0.15) is 112 Å². The smallest absolute Gasteiger partial charge is 0.0366 e. The molecule has 0 aliphatic heterocycles. The van der Waals surface area contributed by atoms with Crippen LogP contribution in [-0.4, -0.2) is 25.1 Å². The van der Waals surface area contributed by atoms with Crippen molar-refractivity contribution in [2.75, 3.05) is 30.0 Å². The summed E-state index contributed by atoms with van der Waals surface area (Å²) in [4.78, 5) is 2.48. The first-order valence-corrected chi connectivity index (χ1v) is 16.6. The first-order chi connectivity index (χ1) is 18.3. The zero-order valence-corrected chi connectivity index (χ0v) is 29.4. The summed E-state index contributed by atoms with van der Waals surface area (Å²) in [6, 6.07) is 17.2. The van der Waals surface area contributed by atoms with Gasteiger partial charge >= 0.3 is 0 Å². The topological polar surface area (TPSA) is 3.24 Å². The van der Waals surface area contributed by atoms with E-state index in [1.165, 1.54) is 60.5 Å². The second-order valence-corrected chi connectivity index (χ2v) is 9.48. The van der Waals surface area contributed by atoms with E-state index in [9.17, 15) is 0 Å². The van der Waals surface area contributed by atoms with Gasteiger partial charge in [-0.3, -0.25) is 0 Å². The number of hydrogen-bond acceptors (Lipinski definition) is 2. The Hall–Kier alpha value is -1.67. The molecule has 0 aliphatic rings. The molecule has 0 N–H and O–H groups in total. The fourth-order valence-corrected chi connectivity index (χ4v) is 2.52. The molecule has 2 rings (SSSR count). The lowest BCUT2D eigenvalue weighted by atomic mass is 10.1. The maximum atomic E-state index is 3.56. The van der Waals surface area contributed by atoms with Crippen LogP contribution in [0.15, 0.2) is 61.2 Å². The number of benzene rings is 2. The van der Waals surface area contributed by atoms with Gasteiger partial charge in [0.2, 0.25) is 0 Å². The van der Waals surface area contributed by atoms with Crippen LogP contribution in [0.2, 0.25) is 0 Å². The molecule has 0 fully saturated rings. The molecule has 0 bridgehead atoms.